The van der Waals surface area contributed by atoms with Crippen molar-refractivity contribution in [2.24, 2.45) is 5.41 Å². The van der Waals surface area contributed by atoms with E-state index in [0.717, 1.165) is 23.5 Å². The number of hydrogen-bond donors (Lipinski definition) is 0. The summed E-state index contributed by atoms with van der Waals surface area (Å²) in [6, 6.07) is 0. The molecule has 0 bridgehead atoms. The molecule has 1 aromatic rings. The normalized spacial score (nSPS) is 22.9. The highest BCUT2D eigenvalue weighted by atomic mass is 35.5. The van der Waals surface area contributed by atoms with Gasteiger partial charge in [-0.2, -0.15) is 0 Å². The first-order chi connectivity index (χ1) is 6.95. The van der Waals surface area contributed by atoms with Gasteiger partial charge in [-0.1, -0.05) is 32.4 Å². The molecule has 1 saturated carbocycles. The molecular weight excluding hydrogens is 208 g/mol. The lowest BCUT2D eigenvalue weighted by Gasteiger charge is -2.08. The van der Waals surface area contributed by atoms with Gasteiger partial charge >= 0.3 is 0 Å². The highest BCUT2D eigenvalue weighted by Crippen LogP contribution is 2.57. The third kappa shape index (κ3) is 1.87. The quantitative estimate of drug-likeness (QED) is 0.719. The molecule has 1 aromatic heterocycles. The maximum atomic E-state index is 6.15. The summed E-state index contributed by atoms with van der Waals surface area (Å²) in [5, 5.41) is 0.641. The maximum Gasteiger partial charge on any atom is 0.136 e. The van der Waals surface area contributed by atoms with Crippen molar-refractivity contribution in [1.29, 1.82) is 0 Å². The van der Waals surface area contributed by atoms with Crippen molar-refractivity contribution in [2.75, 3.05) is 0 Å². The molecule has 1 aliphatic rings. The smallest absolute Gasteiger partial charge is 0.136 e. The Kier molecular flexibility index (Phi) is 2.50. The van der Waals surface area contributed by atoms with Crippen LogP contribution in [0.4, 0.5) is 0 Å². The number of halogens is 1. The lowest BCUT2D eigenvalue weighted by Crippen LogP contribution is -2.03. The largest absolute Gasteiger partial charge is 0.238 e. The van der Waals surface area contributed by atoms with Gasteiger partial charge in [0, 0.05) is 17.2 Å². The van der Waals surface area contributed by atoms with E-state index in [4.69, 9.17) is 11.6 Å². The van der Waals surface area contributed by atoms with Crippen LogP contribution in [0, 0.1) is 12.3 Å². The first kappa shape index (κ1) is 10.9. The number of hydrogen-bond acceptors (Lipinski definition) is 2. The molecule has 1 fully saturated rings. The number of aromatic nitrogens is 2. The third-order valence-corrected chi connectivity index (χ3v) is 3.67. The molecule has 0 radical (unpaired) electrons. The fourth-order valence-electron chi connectivity index (χ4n) is 2.05. The fourth-order valence-corrected chi connectivity index (χ4v) is 2.40. The standard InChI is InChI=1S/C12H17ClN2/c1-5-8-7(2)14-11(15-10(8)13)9-6-12(9,3)4/h9H,5-6H2,1-4H3. The van der Waals surface area contributed by atoms with Gasteiger partial charge in [-0.3, -0.25) is 0 Å². The summed E-state index contributed by atoms with van der Waals surface area (Å²) in [6.07, 6.45) is 2.08. The van der Waals surface area contributed by atoms with Gasteiger partial charge in [-0.25, -0.2) is 9.97 Å². The molecule has 15 heavy (non-hydrogen) atoms. The molecule has 0 N–H and O–H groups in total. The number of aryl methyl sites for hydroxylation is 1. The predicted octanol–water partition coefficient (Wildman–Crippen LogP) is 3.51. The Morgan fingerprint density at radius 1 is 1.40 bits per heavy atom. The fraction of sp³-hybridized carbons (Fsp3) is 0.667. The summed E-state index contributed by atoms with van der Waals surface area (Å²) < 4.78 is 0. The Morgan fingerprint density at radius 3 is 2.40 bits per heavy atom. The van der Waals surface area contributed by atoms with Crippen LogP contribution in [0.1, 0.15) is 50.2 Å². The van der Waals surface area contributed by atoms with Crippen molar-refractivity contribution < 1.29 is 0 Å². The van der Waals surface area contributed by atoms with Crippen LogP contribution in [-0.4, -0.2) is 9.97 Å². The Labute approximate surface area is 96.1 Å². The molecule has 2 nitrogen and oxygen atoms in total. The van der Waals surface area contributed by atoms with Crippen molar-refractivity contribution in [3.63, 3.8) is 0 Å². The van der Waals surface area contributed by atoms with E-state index in [1.807, 2.05) is 6.92 Å². The average Bonchev–Trinajstić information content (AvgIpc) is 2.74. The van der Waals surface area contributed by atoms with Crippen molar-refractivity contribution in [2.45, 2.75) is 46.5 Å². The van der Waals surface area contributed by atoms with Crippen LogP contribution >= 0.6 is 11.6 Å². The lowest BCUT2D eigenvalue weighted by molar-refractivity contribution is 0.606. The van der Waals surface area contributed by atoms with Crippen LogP contribution in [-0.2, 0) is 6.42 Å². The SMILES string of the molecule is CCc1c(C)nc(C2CC2(C)C)nc1Cl. The topological polar surface area (TPSA) is 25.8 Å². The van der Waals surface area contributed by atoms with E-state index in [1.165, 1.54) is 6.42 Å². The van der Waals surface area contributed by atoms with E-state index >= 15 is 0 Å². The van der Waals surface area contributed by atoms with Gasteiger partial charge in [0.15, 0.2) is 0 Å². The lowest BCUT2D eigenvalue weighted by atomic mass is 10.1. The Morgan fingerprint density at radius 2 is 2.00 bits per heavy atom. The molecular formula is C12H17ClN2. The maximum absolute atomic E-state index is 6.15. The van der Waals surface area contributed by atoms with Gasteiger partial charge in [0.2, 0.25) is 0 Å². The molecule has 0 spiro atoms. The van der Waals surface area contributed by atoms with Crippen molar-refractivity contribution in [1.82, 2.24) is 9.97 Å². The van der Waals surface area contributed by atoms with E-state index in [-0.39, 0.29) is 0 Å². The number of nitrogens with zero attached hydrogens (tertiary/aromatic N) is 2. The molecule has 0 aliphatic heterocycles. The average molecular weight is 225 g/mol. The van der Waals surface area contributed by atoms with Crippen molar-refractivity contribution in [3.8, 4) is 0 Å². The highest BCUT2D eigenvalue weighted by molar-refractivity contribution is 6.30. The molecule has 2 rings (SSSR count). The summed E-state index contributed by atoms with van der Waals surface area (Å²) in [6.45, 7) is 8.60. The van der Waals surface area contributed by atoms with Crippen LogP contribution in [0.15, 0.2) is 0 Å². The Balaban J connectivity index is 2.37. The Hall–Kier alpha value is -0.630. The van der Waals surface area contributed by atoms with Gasteiger partial charge in [0.1, 0.15) is 11.0 Å². The molecule has 1 unspecified atom stereocenters. The minimum Gasteiger partial charge on any atom is -0.238 e. The second-order valence-corrected chi connectivity index (χ2v) is 5.39. The minimum absolute atomic E-state index is 0.365. The molecule has 0 amide bonds. The van der Waals surface area contributed by atoms with Crippen molar-refractivity contribution in [3.05, 3.63) is 22.2 Å². The van der Waals surface area contributed by atoms with Crippen LogP contribution in [0.5, 0.6) is 0 Å². The molecule has 1 aliphatic carbocycles. The minimum atomic E-state index is 0.365. The summed E-state index contributed by atoms with van der Waals surface area (Å²) in [7, 11) is 0. The van der Waals surface area contributed by atoms with E-state index in [2.05, 4.69) is 30.7 Å². The van der Waals surface area contributed by atoms with E-state index in [0.29, 0.717) is 16.5 Å². The van der Waals surface area contributed by atoms with Gasteiger partial charge in [-0.15, -0.1) is 0 Å². The first-order valence-corrected chi connectivity index (χ1v) is 5.86. The third-order valence-electron chi connectivity index (χ3n) is 3.36. The van der Waals surface area contributed by atoms with Crippen molar-refractivity contribution >= 4 is 11.6 Å². The highest BCUT2D eigenvalue weighted by Gasteiger charge is 2.48. The van der Waals surface area contributed by atoms with Gasteiger partial charge < -0.3 is 0 Å². The zero-order chi connectivity index (χ0) is 11.2. The van der Waals surface area contributed by atoms with E-state index in [1.54, 1.807) is 0 Å². The molecule has 0 saturated heterocycles. The Bertz CT molecular complexity index is 376. The first-order valence-electron chi connectivity index (χ1n) is 5.48. The molecule has 1 heterocycles. The van der Waals surface area contributed by atoms with E-state index < -0.39 is 0 Å². The summed E-state index contributed by atoms with van der Waals surface area (Å²) in [5.41, 5.74) is 2.48. The second-order valence-electron chi connectivity index (χ2n) is 5.04. The molecule has 0 aromatic carbocycles. The van der Waals surface area contributed by atoms with Gasteiger partial charge in [0.25, 0.3) is 0 Å². The van der Waals surface area contributed by atoms with Crippen LogP contribution in [0.25, 0.3) is 0 Å². The summed E-state index contributed by atoms with van der Waals surface area (Å²) >= 11 is 6.15. The monoisotopic (exact) mass is 224 g/mol. The van der Waals surface area contributed by atoms with Crippen LogP contribution < -0.4 is 0 Å². The zero-order valence-electron chi connectivity index (χ0n) is 9.76. The number of rotatable bonds is 2. The molecule has 1 atom stereocenters. The molecule has 82 valence electrons. The zero-order valence-corrected chi connectivity index (χ0v) is 10.5. The van der Waals surface area contributed by atoms with E-state index in [9.17, 15) is 0 Å². The van der Waals surface area contributed by atoms with Crippen LogP contribution in [0.2, 0.25) is 5.15 Å². The van der Waals surface area contributed by atoms with Gasteiger partial charge in [-0.05, 0) is 25.2 Å². The van der Waals surface area contributed by atoms with Gasteiger partial charge in [0.05, 0.1) is 0 Å². The van der Waals surface area contributed by atoms with Crippen LogP contribution in [0.3, 0.4) is 0 Å². The second kappa shape index (κ2) is 3.44. The predicted molar refractivity (Wildman–Crippen MR) is 62.3 cm³/mol. The summed E-state index contributed by atoms with van der Waals surface area (Å²) in [5.74, 6) is 1.43. The molecule has 3 heteroatoms. The summed E-state index contributed by atoms with van der Waals surface area (Å²) in [4.78, 5) is 8.98.